The Labute approximate surface area is 174 Å². The van der Waals surface area contributed by atoms with Gasteiger partial charge in [0.25, 0.3) is 10.0 Å². The summed E-state index contributed by atoms with van der Waals surface area (Å²) in [6.07, 6.45) is 0.0473. The average molecular weight is 431 g/mol. The molecule has 0 radical (unpaired) electrons. The van der Waals surface area contributed by atoms with E-state index in [0.29, 0.717) is 18.9 Å². The van der Waals surface area contributed by atoms with E-state index in [1.165, 1.54) is 0 Å². The predicted octanol–water partition coefficient (Wildman–Crippen LogP) is 3.42. The van der Waals surface area contributed by atoms with Gasteiger partial charge in [0, 0.05) is 24.6 Å². The molecule has 0 aliphatic carbocycles. The molecule has 1 heterocycles. The highest BCUT2D eigenvalue weighted by Gasteiger charge is 2.19. The van der Waals surface area contributed by atoms with Crippen molar-refractivity contribution in [3.05, 3.63) is 60.4 Å². The van der Waals surface area contributed by atoms with Crippen LogP contribution in [0.3, 0.4) is 0 Å². The largest absolute Gasteiger partial charge is 0.343 e. The molecule has 0 aliphatic heterocycles. The molecule has 152 valence electrons. The Morgan fingerprint density at radius 2 is 1.62 bits per heavy atom. The first-order chi connectivity index (χ1) is 13.9. The highest BCUT2D eigenvalue weighted by Crippen LogP contribution is 2.23. The Hall–Kier alpha value is -2.78. The first-order valence-corrected chi connectivity index (χ1v) is 11.5. The molecule has 0 saturated heterocycles. The minimum absolute atomic E-state index is 0.0473. The van der Waals surface area contributed by atoms with Crippen LogP contribution in [0.1, 0.15) is 19.7 Å². The third kappa shape index (κ3) is 5.18. The summed E-state index contributed by atoms with van der Waals surface area (Å²) in [5, 5.41) is 0.138. The first kappa shape index (κ1) is 20.9. The number of hydrogen-bond donors (Lipinski definition) is 1. The number of rotatable bonds is 8. The second kappa shape index (κ2) is 9.15. The molecular formula is C20H22N4O3S2. The highest BCUT2D eigenvalue weighted by atomic mass is 32.2. The van der Waals surface area contributed by atoms with Gasteiger partial charge >= 0.3 is 0 Å². The van der Waals surface area contributed by atoms with Crippen molar-refractivity contribution < 1.29 is 13.2 Å². The van der Waals surface area contributed by atoms with Crippen molar-refractivity contribution in [3.8, 4) is 11.1 Å². The molecule has 0 fully saturated rings. The third-order valence-corrected chi connectivity index (χ3v) is 6.54. The van der Waals surface area contributed by atoms with Gasteiger partial charge in [-0.15, -0.1) is 0 Å². The lowest BCUT2D eigenvalue weighted by Gasteiger charge is -2.17. The fourth-order valence-corrected chi connectivity index (χ4v) is 4.63. The zero-order valence-electron chi connectivity index (χ0n) is 16.2. The lowest BCUT2D eigenvalue weighted by atomic mass is 10.1. The van der Waals surface area contributed by atoms with Gasteiger partial charge in [0.2, 0.25) is 11.0 Å². The number of aromatic nitrogens is 2. The van der Waals surface area contributed by atoms with Crippen LogP contribution in [0.4, 0.5) is 5.13 Å². The number of amides is 1. The van der Waals surface area contributed by atoms with Gasteiger partial charge in [-0.3, -0.25) is 9.52 Å². The smallest absolute Gasteiger partial charge is 0.263 e. The van der Waals surface area contributed by atoms with Crippen LogP contribution in [0.15, 0.2) is 59.5 Å². The Morgan fingerprint density at radius 3 is 2.24 bits per heavy atom. The fourth-order valence-electron chi connectivity index (χ4n) is 2.82. The molecule has 7 nitrogen and oxygen atoms in total. The van der Waals surface area contributed by atoms with Crippen molar-refractivity contribution in [2.24, 2.45) is 0 Å². The Bertz CT molecular complexity index is 1060. The van der Waals surface area contributed by atoms with Crippen LogP contribution in [-0.2, 0) is 21.2 Å². The number of nitrogens with one attached hydrogen (secondary N) is 1. The molecule has 1 N–H and O–H groups in total. The minimum Gasteiger partial charge on any atom is -0.343 e. The second-order valence-electron chi connectivity index (χ2n) is 6.25. The maximum atomic E-state index is 12.6. The molecule has 0 saturated carbocycles. The van der Waals surface area contributed by atoms with Crippen LogP contribution < -0.4 is 4.72 Å². The standard InChI is InChI=1S/C20H22N4O3S2/c1-3-24(4-2)19(25)14-18-21-20(28-22-18)23-29(26,27)17-12-10-16(11-13-17)15-8-6-5-7-9-15/h5-13H,3-4,14H2,1-2H3,(H,21,22,23). The monoisotopic (exact) mass is 430 g/mol. The number of benzene rings is 2. The van der Waals surface area contributed by atoms with E-state index in [-0.39, 0.29) is 22.4 Å². The van der Waals surface area contributed by atoms with E-state index in [0.717, 1.165) is 22.7 Å². The highest BCUT2D eigenvalue weighted by molar-refractivity contribution is 7.93. The van der Waals surface area contributed by atoms with Crippen LogP contribution in [0.5, 0.6) is 0 Å². The summed E-state index contributed by atoms with van der Waals surface area (Å²) >= 11 is 0.918. The summed E-state index contributed by atoms with van der Waals surface area (Å²) in [5.41, 5.74) is 1.94. The number of sulfonamides is 1. The Balaban J connectivity index is 1.70. The van der Waals surface area contributed by atoms with E-state index in [1.54, 1.807) is 29.2 Å². The van der Waals surface area contributed by atoms with Crippen LogP contribution in [0, 0.1) is 0 Å². The molecular weight excluding hydrogens is 408 g/mol. The van der Waals surface area contributed by atoms with Crippen LogP contribution in [0.2, 0.25) is 0 Å². The van der Waals surface area contributed by atoms with Crippen LogP contribution in [-0.4, -0.2) is 41.7 Å². The minimum atomic E-state index is -3.79. The van der Waals surface area contributed by atoms with Gasteiger partial charge in [-0.25, -0.2) is 13.4 Å². The maximum Gasteiger partial charge on any atom is 0.263 e. The normalized spacial score (nSPS) is 11.2. The van der Waals surface area contributed by atoms with E-state index in [1.807, 2.05) is 44.2 Å². The van der Waals surface area contributed by atoms with Crippen molar-refractivity contribution in [1.29, 1.82) is 0 Å². The molecule has 0 atom stereocenters. The quantitative estimate of drug-likeness (QED) is 0.591. The number of likely N-dealkylation sites (N-methyl/N-ethyl adjacent to an activating group) is 1. The summed E-state index contributed by atoms with van der Waals surface area (Å²) in [5.74, 6) is 0.225. The lowest BCUT2D eigenvalue weighted by Crippen LogP contribution is -2.32. The number of carbonyl (C=O) groups is 1. The Kier molecular flexibility index (Phi) is 6.60. The average Bonchev–Trinajstić information content (AvgIpc) is 3.15. The predicted molar refractivity (Wildman–Crippen MR) is 114 cm³/mol. The zero-order valence-corrected chi connectivity index (χ0v) is 17.8. The summed E-state index contributed by atoms with van der Waals surface area (Å²) < 4.78 is 31.8. The number of anilines is 1. The molecule has 1 aromatic heterocycles. The fraction of sp³-hybridized carbons (Fsp3) is 0.250. The van der Waals surface area contributed by atoms with Crippen LogP contribution >= 0.6 is 11.5 Å². The number of carbonyl (C=O) groups excluding carboxylic acids is 1. The van der Waals surface area contributed by atoms with Gasteiger partial charge in [-0.2, -0.15) is 4.37 Å². The maximum absolute atomic E-state index is 12.6. The molecule has 0 unspecified atom stereocenters. The topological polar surface area (TPSA) is 92.3 Å². The van der Waals surface area contributed by atoms with Crippen molar-refractivity contribution in [2.75, 3.05) is 17.8 Å². The van der Waals surface area contributed by atoms with Gasteiger partial charge < -0.3 is 4.90 Å². The Morgan fingerprint density at radius 1 is 1.00 bits per heavy atom. The van der Waals surface area contributed by atoms with E-state index in [2.05, 4.69) is 14.1 Å². The molecule has 3 aromatic rings. The number of hydrogen-bond acceptors (Lipinski definition) is 6. The zero-order chi connectivity index (χ0) is 20.9. The van der Waals surface area contributed by atoms with Crippen molar-refractivity contribution in [1.82, 2.24) is 14.3 Å². The third-order valence-electron chi connectivity index (χ3n) is 4.39. The van der Waals surface area contributed by atoms with E-state index < -0.39 is 10.0 Å². The molecule has 2 aromatic carbocycles. The summed E-state index contributed by atoms with van der Waals surface area (Å²) in [4.78, 5) is 18.1. The first-order valence-electron chi connectivity index (χ1n) is 9.21. The van der Waals surface area contributed by atoms with Gasteiger partial charge in [0.15, 0.2) is 5.82 Å². The molecule has 3 rings (SSSR count). The molecule has 9 heteroatoms. The van der Waals surface area contributed by atoms with Crippen LogP contribution in [0.25, 0.3) is 11.1 Å². The van der Waals surface area contributed by atoms with E-state index in [4.69, 9.17) is 0 Å². The molecule has 0 aliphatic rings. The van der Waals surface area contributed by atoms with Crippen molar-refractivity contribution in [2.45, 2.75) is 25.2 Å². The van der Waals surface area contributed by atoms with Crippen molar-refractivity contribution in [3.63, 3.8) is 0 Å². The van der Waals surface area contributed by atoms with E-state index in [9.17, 15) is 13.2 Å². The molecule has 0 spiro atoms. The SMILES string of the molecule is CCN(CC)C(=O)Cc1nsc(NS(=O)(=O)c2ccc(-c3ccccc3)cc2)n1. The van der Waals surface area contributed by atoms with Gasteiger partial charge in [-0.05, 0) is 37.1 Å². The van der Waals surface area contributed by atoms with Gasteiger partial charge in [0.1, 0.15) is 0 Å². The summed E-state index contributed by atoms with van der Waals surface area (Å²) in [6, 6.07) is 16.3. The molecule has 29 heavy (non-hydrogen) atoms. The summed E-state index contributed by atoms with van der Waals surface area (Å²) in [6.45, 7) is 5.02. The summed E-state index contributed by atoms with van der Waals surface area (Å²) in [7, 11) is -3.79. The number of nitrogens with zero attached hydrogens (tertiary/aromatic N) is 3. The molecule has 1 amide bonds. The second-order valence-corrected chi connectivity index (χ2v) is 8.69. The van der Waals surface area contributed by atoms with Gasteiger partial charge in [0.05, 0.1) is 11.3 Å². The van der Waals surface area contributed by atoms with Crippen molar-refractivity contribution >= 4 is 32.6 Å². The molecule has 0 bridgehead atoms. The van der Waals surface area contributed by atoms with E-state index >= 15 is 0 Å². The van der Waals surface area contributed by atoms with Gasteiger partial charge in [-0.1, -0.05) is 42.5 Å². The lowest BCUT2D eigenvalue weighted by molar-refractivity contribution is -0.130.